The number of hydrogen-bond donors (Lipinski definition) is 3. The molecular formula is C16H19FN4O5. The largest absolute Gasteiger partial charge is 0.394 e. The molecule has 0 bridgehead atoms. The van der Waals surface area contributed by atoms with E-state index < -0.39 is 28.5 Å². The smallest absolute Gasteiger partial charge is 0.332 e. The maximum absolute atomic E-state index is 14.1. The second-order valence-electron chi connectivity index (χ2n) is 5.54. The van der Waals surface area contributed by atoms with Gasteiger partial charge < -0.3 is 10.4 Å². The topological polar surface area (TPSA) is 115 Å². The quantitative estimate of drug-likeness (QED) is 0.487. The van der Waals surface area contributed by atoms with Crippen LogP contribution in [0.1, 0.15) is 15.9 Å². The van der Waals surface area contributed by atoms with Crippen LogP contribution in [0.25, 0.3) is 0 Å². The van der Waals surface area contributed by atoms with Gasteiger partial charge in [0.2, 0.25) is 0 Å². The van der Waals surface area contributed by atoms with Gasteiger partial charge in [-0.15, -0.1) is 0 Å². The fourth-order valence-corrected chi connectivity index (χ4v) is 2.26. The van der Waals surface area contributed by atoms with Gasteiger partial charge in [-0.3, -0.25) is 23.6 Å². The molecule has 1 aromatic heterocycles. The molecule has 0 aliphatic rings. The van der Waals surface area contributed by atoms with Crippen LogP contribution in [0.5, 0.6) is 0 Å². The average Bonchev–Trinajstić information content (AvgIpc) is 2.60. The lowest BCUT2D eigenvalue weighted by Crippen LogP contribution is -2.43. The second kappa shape index (κ2) is 7.93. The standard InChI is InChI=1S/C16H19FN4O5/c1-9-4-5-11(10(17)8-9)18-13-12(14(23)19-26-7-6-22)15(24)21(3)16(25)20(13)2/h4-5,8,18,22H,6-7H2,1-3H3,(H,19,23). The number of aryl methyl sites for hydroxylation is 1. The van der Waals surface area contributed by atoms with Crippen LogP contribution in [0, 0.1) is 12.7 Å². The number of anilines is 2. The van der Waals surface area contributed by atoms with Gasteiger partial charge in [0.25, 0.3) is 11.5 Å². The summed E-state index contributed by atoms with van der Waals surface area (Å²) in [6, 6.07) is 4.33. The van der Waals surface area contributed by atoms with E-state index >= 15 is 0 Å². The third kappa shape index (κ3) is 3.81. The Morgan fingerprint density at radius 2 is 1.96 bits per heavy atom. The monoisotopic (exact) mass is 366 g/mol. The van der Waals surface area contributed by atoms with Crippen molar-refractivity contribution in [3.63, 3.8) is 0 Å². The minimum Gasteiger partial charge on any atom is -0.394 e. The molecule has 0 aliphatic heterocycles. The number of aliphatic hydroxyl groups is 1. The van der Waals surface area contributed by atoms with Crippen LogP contribution in [0.15, 0.2) is 27.8 Å². The van der Waals surface area contributed by atoms with Gasteiger partial charge in [-0.1, -0.05) is 6.07 Å². The van der Waals surface area contributed by atoms with Crippen LogP contribution in [-0.4, -0.2) is 33.4 Å². The summed E-state index contributed by atoms with van der Waals surface area (Å²) in [4.78, 5) is 41.6. The van der Waals surface area contributed by atoms with Gasteiger partial charge in [0.05, 0.1) is 18.9 Å². The zero-order chi connectivity index (χ0) is 19.4. The summed E-state index contributed by atoms with van der Waals surface area (Å²) in [7, 11) is 2.55. The predicted molar refractivity (Wildman–Crippen MR) is 91.8 cm³/mol. The molecule has 1 amide bonds. The number of nitrogens with one attached hydrogen (secondary N) is 2. The number of aromatic nitrogens is 2. The van der Waals surface area contributed by atoms with E-state index in [1.165, 1.54) is 26.2 Å². The highest BCUT2D eigenvalue weighted by atomic mass is 19.1. The van der Waals surface area contributed by atoms with Crippen LogP contribution in [-0.2, 0) is 18.9 Å². The van der Waals surface area contributed by atoms with E-state index in [9.17, 15) is 18.8 Å². The van der Waals surface area contributed by atoms with E-state index in [4.69, 9.17) is 9.94 Å². The number of hydroxylamine groups is 1. The summed E-state index contributed by atoms with van der Waals surface area (Å²) in [5, 5.41) is 11.3. The van der Waals surface area contributed by atoms with Gasteiger partial charge in [0, 0.05) is 14.1 Å². The summed E-state index contributed by atoms with van der Waals surface area (Å²) in [6.45, 7) is 1.18. The Morgan fingerprint density at radius 1 is 1.27 bits per heavy atom. The van der Waals surface area contributed by atoms with Crippen LogP contribution in [0.2, 0.25) is 0 Å². The lowest BCUT2D eigenvalue weighted by Gasteiger charge is -2.17. The van der Waals surface area contributed by atoms with Crippen LogP contribution >= 0.6 is 0 Å². The number of rotatable bonds is 6. The van der Waals surface area contributed by atoms with Crippen molar-refractivity contribution >= 4 is 17.4 Å². The first-order valence-corrected chi connectivity index (χ1v) is 7.64. The van der Waals surface area contributed by atoms with Gasteiger partial charge in [-0.25, -0.2) is 14.7 Å². The summed E-state index contributed by atoms with van der Waals surface area (Å²) in [5.74, 6) is -1.74. The van der Waals surface area contributed by atoms with E-state index in [0.29, 0.717) is 5.56 Å². The second-order valence-corrected chi connectivity index (χ2v) is 5.54. The molecule has 0 aliphatic carbocycles. The number of aliphatic hydroxyl groups excluding tert-OH is 1. The maximum atomic E-state index is 14.1. The zero-order valence-electron chi connectivity index (χ0n) is 14.5. The van der Waals surface area contributed by atoms with Crippen molar-refractivity contribution in [2.24, 2.45) is 14.1 Å². The molecular weight excluding hydrogens is 347 g/mol. The Balaban J connectivity index is 2.57. The first-order valence-electron chi connectivity index (χ1n) is 7.64. The Hall–Kier alpha value is -2.98. The van der Waals surface area contributed by atoms with E-state index in [0.717, 1.165) is 9.13 Å². The molecule has 0 fully saturated rings. The van der Waals surface area contributed by atoms with Gasteiger partial charge >= 0.3 is 5.69 Å². The average molecular weight is 366 g/mol. The third-order valence-electron chi connectivity index (χ3n) is 3.63. The first kappa shape index (κ1) is 19.3. The molecule has 0 spiro atoms. The third-order valence-corrected chi connectivity index (χ3v) is 3.63. The highest BCUT2D eigenvalue weighted by Gasteiger charge is 2.23. The zero-order valence-corrected chi connectivity index (χ0v) is 14.5. The van der Waals surface area contributed by atoms with E-state index in [1.54, 1.807) is 13.0 Å². The molecule has 1 aromatic carbocycles. The van der Waals surface area contributed by atoms with Crippen molar-refractivity contribution in [1.82, 2.24) is 14.6 Å². The number of amides is 1. The normalized spacial score (nSPS) is 10.7. The van der Waals surface area contributed by atoms with Gasteiger partial charge in [0.1, 0.15) is 17.2 Å². The van der Waals surface area contributed by atoms with Gasteiger partial charge in [0.15, 0.2) is 0 Å². The number of carbonyl (C=O) groups is 1. The highest BCUT2D eigenvalue weighted by molar-refractivity contribution is 5.98. The minimum absolute atomic E-state index is 0.0100. The van der Waals surface area contributed by atoms with Crippen molar-refractivity contribution in [1.29, 1.82) is 0 Å². The summed E-state index contributed by atoms with van der Waals surface area (Å²) in [6.07, 6.45) is 0. The van der Waals surface area contributed by atoms with Gasteiger partial charge in [-0.05, 0) is 24.6 Å². The maximum Gasteiger partial charge on any atom is 0.332 e. The minimum atomic E-state index is -0.940. The van der Waals surface area contributed by atoms with Crippen molar-refractivity contribution in [3.05, 3.63) is 56.0 Å². The first-order chi connectivity index (χ1) is 12.3. The van der Waals surface area contributed by atoms with Crippen molar-refractivity contribution < 1.29 is 19.1 Å². The molecule has 26 heavy (non-hydrogen) atoms. The Labute approximate surface area is 147 Å². The fourth-order valence-electron chi connectivity index (χ4n) is 2.26. The molecule has 0 saturated heterocycles. The highest BCUT2D eigenvalue weighted by Crippen LogP contribution is 2.21. The molecule has 10 heteroatoms. The molecule has 0 atom stereocenters. The number of nitrogens with zero attached hydrogens (tertiary/aromatic N) is 2. The molecule has 3 N–H and O–H groups in total. The molecule has 0 saturated carbocycles. The molecule has 9 nitrogen and oxygen atoms in total. The summed E-state index contributed by atoms with van der Waals surface area (Å²) in [5.41, 5.74) is 0.660. The molecule has 0 radical (unpaired) electrons. The predicted octanol–water partition coefficient (Wildman–Crippen LogP) is -0.0712. The van der Waals surface area contributed by atoms with E-state index in [1.807, 2.05) is 5.48 Å². The number of benzene rings is 1. The number of carbonyl (C=O) groups excluding carboxylic acids is 1. The lowest BCUT2D eigenvalue weighted by molar-refractivity contribution is 0.0167. The molecule has 2 aromatic rings. The van der Waals surface area contributed by atoms with Crippen molar-refractivity contribution in [3.8, 4) is 0 Å². The van der Waals surface area contributed by atoms with Crippen LogP contribution < -0.4 is 22.0 Å². The summed E-state index contributed by atoms with van der Waals surface area (Å²) < 4.78 is 15.9. The van der Waals surface area contributed by atoms with Gasteiger partial charge in [-0.2, -0.15) is 0 Å². The molecule has 0 unspecified atom stereocenters. The number of hydrogen-bond acceptors (Lipinski definition) is 6. The van der Waals surface area contributed by atoms with Crippen LogP contribution in [0.4, 0.5) is 15.9 Å². The Bertz CT molecular complexity index is 951. The number of halogens is 1. The Kier molecular flexibility index (Phi) is 5.90. The van der Waals surface area contributed by atoms with Crippen molar-refractivity contribution in [2.45, 2.75) is 6.92 Å². The molecule has 140 valence electrons. The Morgan fingerprint density at radius 3 is 2.58 bits per heavy atom. The van der Waals surface area contributed by atoms with Crippen molar-refractivity contribution in [2.75, 3.05) is 18.5 Å². The van der Waals surface area contributed by atoms with E-state index in [-0.39, 0.29) is 24.7 Å². The van der Waals surface area contributed by atoms with E-state index in [2.05, 4.69) is 5.32 Å². The molecule has 2 rings (SSSR count). The fraction of sp³-hybridized carbons (Fsp3) is 0.312. The lowest BCUT2D eigenvalue weighted by atomic mass is 10.2. The SMILES string of the molecule is Cc1ccc(Nc2c(C(=O)NOCCO)c(=O)n(C)c(=O)n2C)c(F)c1. The molecule has 1 heterocycles. The summed E-state index contributed by atoms with van der Waals surface area (Å²) >= 11 is 0. The van der Waals surface area contributed by atoms with Crippen LogP contribution in [0.3, 0.4) is 0 Å².